The Labute approximate surface area is 325 Å². The van der Waals surface area contributed by atoms with E-state index in [0.717, 1.165) is 32.1 Å². The van der Waals surface area contributed by atoms with Gasteiger partial charge >= 0.3 is 5.97 Å². The molecule has 9 heteroatoms. The Morgan fingerprint density at radius 3 is 1.34 bits per heavy atom. The first-order valence-corrected chi connectivity index (χ1v) is 22.6. The lowest BCUT2D eigenvalue weighted by atomic mass is 9.99. The summed E-state index contributed by atoms with van der Waals surface area (Å²) in [6.07, 6.45) is 31.2. The number of ether oxygens (including phenoxy) is 4. The van der Waals surface area contributed by atoms with E-state index in [4.69, 9.17) is 18.9 Å². The first-order valence-electron chi connectivity index (χ1n) is 22.6. The Morgan fingerprint density at radius 1 is 0.528 bits per heavy atom. The second-order valence-corrected chi connectivity index (χ2v) is 15.9. The van der Waals surface area contributed by atoms with Crippen molar-refractivity contribution in [3.63, 3.8) is 0 Å². The standard InChI is InChI=1S/C44H86O9/c1-3-5-7-9-11-13-15-17-19-21-23-25-27-29-31-33-40(46)52-38(37-51-44-43(49)42(48)41(47)39(35-45)53-44)36-50-34-32-30-28-26-24-22-20-18-16-14-12-10-8-6-4-2/h38-39,41-45,47-49H,3-37H2,1-2H3. The summed E-state index contributed by atoms with van der Waals surface area (Å²) in [4.78, 5) is 12.8. The van der Waals surface area contributed by atoms with Gasteiger partial charge in [-0.1, -0.05) is 194 Å². The van der Waals surface area contributed by atoms with Crippen LogP contribution in [0.2, 0.25) is 0 Å². The van der Waals surface area contributed by atoms with Gasteiger partial charge in [-0.2, -0.15) is 0 Å². The van der Waals surface area contributed by atoms with Crippen LogP contribution in [0.25, 0.3) is 0 Å². The predicted octanol–water partition coefficient (Wildman–Crippen LogP) is 9.86. The molecule has 0 saturated carbocycles. The SMILES string of the molecule is CCCCCCCCCCCCCCCCCOCC(COC1OC(CO)C(O)C(O)C1O)OC(=O)CCCCCCCCCCCCCCCCC. The highest BCUT2D eigenvalue weighted by molar-refractivity contribution is 5.69. The molecule has 1 aliphatic heterocycles. The van der Waals surface area contributed by atoms with Gasteiger partial charge in [0.15, 0.2) is 6.29 Å². The van der Waals surface area contributed by atoms with Gasteiger partial charge in [0.2, 0.25) is 0 Å². The molecule has 1 aliphatic rings. The zero-order valence-corrected chi connectivity index (χ0v) is 34.5. The highest BCUT2D eigenvalue weighted by Crippen LogP contribution is 2.23. The Kier molecular flexibility index (Phi) is 34.9. The Hall–Kier alpha value is -0.810. The normalized spacial score (nSPS) is 20.9. The molecule has 1 saturated heterocycles. The number of aliphatic hydroxyl groups excluding tert-OH is 4. The van der Waals surface area contributed by atoms with Crippen molar-refractivity contribution in [3.8, 4) is 0 Å². The lowest BCUT2D eigenvalue weighted by Gasteiger charge is -2.39. The van der Waals surface area contributed by atoms with Gasteiger partial charge in [-0.15, -0.1) is 0 Å². The van der Waals surface area contributed by atoms with Gasteiger partial charge in [-0.25, -0.2) is 0 Å². The summed E-state index contributed by atoms with van der Waals surface area (Å²) in [5.41, 5.74) is 0. The monoisotopic (exact) mass is 759 g/mol. The van der Waals surface area contributed by atoms with Crippen molar-refractivity contribution in [3.05, 3.63) is 0 Å². The number of hydrogen-bond donors (Lipinski definition) is 4. The fourth-order valence-electron chi connectivity index (χ4n) is 7.20. The molecule has 316 valence electrons. The molecule has 9 nitrogen and oxygen atoms in total. The third-order valence-corrected chi connectivity index (χ3v) is 10.8. The number of esters is 1. The van der Waals surface area contributed by atoms with Gasteiger partial charge in [0, 0.05) is 13.0 Å². The van der Waals surface area contributed by atoms with Crippen LogP contribution in [0.4, 0.5) is 0 Å². The molecule has 0 aromatic rings. The molecular weight excluding hydrogens is 672 g/mol. The van der Waals surface area contributed by atoms with E-state index >= 15 is 0 Å². The van der Waals surface area contributed by atoms with Crippen molar-refractivity contribution in [2.45, 2.75) is 250 Å². The molecule has 0 bridgehead atoms. The molecule has 0 aliphatic carbocycles. The third-order valence-electron chi connectivity index (χ3n) is 10.8. The van der Waals surface area contributed by atoms with E-state index in [1.807, 2.05) is 0 Å². The smallest absolute Gasteiger partial charge is 0.306 e. The van der Waals surface area contributed by atoms with Crippen LogP contribution in [0.1, 0.15) is 213 Å². The molecule has 6 unspecified atom stereocenters. The van der Waals surface area contributed by atoms with Gasteiger partial charge in [0.05, 0.1) is 19.8 Å². The summed E-state index contributed by atoms with van der Waals surface area (Å²) in [7, 11) is 0. The van der Waals surface area contributed by atoms with E-state index in [1.165, 1.54) is 161 Å². The summed E-state index contributed by atoms with van der Waals surface area (Å²) < 4.78 is 22.8. The van der Waals surface area contributed by atoms with E-state index in [1.54, 1.807) is 0 Å². The lowest BCUT2D eigenvalue weighted by Crippen LogP contribution is -2.59. The predicted molar refractivity (Wildman–Crippen MR) is 215 cm³/mol. The van der Waals surface area contributed by atoms with E-state index in [0.29, 0.717) is 13.0 Å². The average molecular weight is 759 g/mol. The minimum Gasteiger partial charge on any atom is -0.457 e. The van der Waals surface area contributed by atoms with E-state index in [-0.39, 0.29) is 19.2 Å². The molecule has 4 N–H and O–H groups in total. The summed E-state index contributed by atoms with van der Waals surface area (Å²) in [5.74, 6) is -0.308. The number of rotatable bonds is 39. The molecule has 0 aromatic carbocycles. The number of hydrogen-bond acceptors (Lipinski definition) is 9. The molecule has 6 atom stereocenters. The van der Waals surface area contributed by atoms with Crippen molar-refractivity contribution in [2.24, 2.45) is 0 Å². The van der Waals surface area contributed by atoms with Crippen LogP contribution >= 0.6 is 0 Å². The zero-order chi connectivity index (χ0) is 38.6. The molecule has 0 radical (unpaired) electrons. The van der Waals surface area contributed by atoms with Crippen LogP contribution in [0.5, 0.6) is 0 Å². The van der Waals surface area contributed by atoms with E-state index < -0.39 is 43.4 Å². The summed E-state index contributed by atoms with van der Waals surface area (Å²) in [6, 6.07) is 0. The Balaban J connectivity index is 2.25. The van der Waals surface area contributed by atoms with Gasteiger partial charge in [0.1, 0.15) is 30.5 Å². The minimum atomic E-state index is -1.53. The minimum absolute atomic E-state index is 0.105. The molecule has 53 heavy (non-hydrogen) atoms. The average Bonchev–Trinajstić information content (AvgIpc) is 3.16. The number of carbonyl (C=O) groups excluding carboxylic acids is 1. The Morgan fingerprint density at radius 2 is 0.925 bits per heavy atom. The van der Waals surface area contributed by atoms with Crippen LogP contribution in [0.3, 0.4) is 0 Å². The van der Waals surface area contributed by atoms with Crippen molar-refractivity contribution in [1.29, 1.82) is 0 Å². The maximum absolute atomic E-state index is 12.8. The zero-order valence-electron chi connectivity index (χ0n) is 34.5. The molecule has 1 heterocycles. The first kappa shape index (κ1) is 50.2. The maximum atomic E-state index is 12.8. The van der Waals surface area contributed by atoms with E-state index in [2.05, 4.69) is 13.8 Å². The fourth-order valence-corrected chi connectivity index (χ4v) is 7.20. The van der Waals surface area contributed by atoms with Crippen LogP contribution in [-0.4, -0.2) is 89.6 Å². The molecule has 1 rings (SSSR count). The number of carbonyl (C=O) groups is 1. The highest BCUT2D eigenvalue weighted by atomic mass is 16.7. The quantitative estimate of drug-likeness (QED) is 0.0357. The van der Waals surface area contributed by atoms with Crippen LogP contribution in [-0.2, 0) is 23.7 Å². The van der Waals surface area contributed by atoms with Crippen molar-refractivity contribution in [2.75, 3.05) is 26.4 Å². The molecule has 0 spiro atoms. The van der Waals surface area contributed by atoms with Gasteiger partial charge < -0.3 is 39.4 Å². The molecule has 0 aromatic heterocycles. The topological polar surface area (TPSA) is 135 Å². The van der Waals surface area contributed by atoms with Crippen molar-refractivity contribution >= 4 is 5.97 Å². The van der Waals surface area contributed by atoms with E-state index in [9.17, 15) is 25.2 Å². The van der Waals surface area contributed by atoms with Crippen molar-refractivity contribution in [1.82, 2.24) is 0 Å². The van der Waals surface area contributed by atoms with Gasteiger partial charge in [-0.3, -0.25) is 4.79 Å². The van der Waals surface area contributed by atoms with Crippen LogP contribution < -0.4 is 0 Å². The summed E-state index contributed by atoms with van der Waals surface area (Å²) in [6.45, 7) is 4.60. The summed E-state index contributed by atoms with van der Waals surface area (Å²) >= 11 is 0. The lowest BCUT2D eigenvalue weighted by molar-refractivity contribution is -0.305. The maximum Gasteiger partial charge on any atom is 0.306 e. The Bertz CT molecular complexity index is 782. The van der Waals surface area contributed by atoms with Crippen molar-refractivity contribution < 1.29 is 44.2 Å². The fraction of sp³-hybridized carbons (Fsp3) is 0.977. The number of aliphatic hydroxyl groups is 4. The van der Waals surface area contributed by atoms with Gasteiger partial charge in [0.25, 0.3) is 0 Å². The number of unbranched alkanes of at least 4 members (excludes halogenated alkanes) is 28. The van der Waals surface area contributed by atoms with Gasteiger partial charge in [-0.05, 0) is 12.8 Å². The largest absolute Gasteiger partial charge is 0.457 e. The molecular formula is C44H86O9. The highest BCUT2D eigenvalue weighted by Gasteiger charge is 2.44. The second-order valence-electron chi connectivity index (χ2n) is 15.9. The second kappa shape index (κ2) is 36.8. The molecule has 1 fully saturated rings. The summed E-state index contributed by atoms with van der Waals surface area (Å²) in [5, 5.41) is 40.1. The molecule has 0 amide bonds. The third kappa shape index (κ3) is 28.3. The first-order chi connectivity index (χ1) is 25.9. The van der Waals surface area contributed by atoms with Crippen LogP contribution in [0, 0.1) is 0 Å². The van der Waals surface area contributed by atoms with Crippen LogP contribution in [0.15, 0.2) is 0 Å².